The Morgan fingerprint density at radius 3 is 1.89 bits per heavy atom. The summed E-state index contributed by atoms with van der Waals surface area (Å²) >= 11 is 0. The van der Waals surface area contributed by atoms with Gasteiger partial charge in [0, 0.05) is 11.1 Å². The van der Waals surface area contributed by atoms with Crippen LogP contribution in [0.4, 0.5) is 0 Å². The molecule has 0 spiro atoms. The van der Waals surface area contributed by atoms with Gasteiger partial charge in [0.25, 0.3) is 0 Å². The molecule has 0 aliphatic heterocycles. The second-order valence-corrected chi connectivity index (χ2v) is 4.14. The molecule has 2 atom stereocenters. The van der Waals surface area contributed by atoms with E-state index in [1.54, 1.807) is 0 Å². The van der Waals surface area contributed by atoms with Gasteiger partial charge in [0.1, 0.15) is 0 Å². The molecule has 0 aromatic rings. The van der Waals surface area contributed by atoms with Gasteiger partial charge in [-0.15, -0.1) is 0 Å². The summed E-state index contributed by atoms with van der Waals surface area (Å²) in [5, 5.41) is 19.1. The average Bonchev–Trinajstić information content (AvgIpc) is 2.27. The van der Waals surface area contributed by atoms with Crippen LogP contribution < -0.4 is 0 Å². The van der Waals surface area contributed by atoms with Crippen molar-refractivity contribution in [1.29, 1.82) is 0 Å². The standard InChI is InChI=1S/C12H16O7/c1-6(2)8(13)18-10(15)12(5,17)11(16)19-9(14)7(3)4/h10,15,17H,1,3H2,2,4-5H3. The van der Waals surface area contributed by atoms with Gasteiger partial charge in [-0.05, 0) is 20.8 Å². The van der Waals surface area contributed by atoms with Crippen molar-refractivity contribution in [3.8, 4) is 0 Å². The summed E-state index contributed by atoms with van der Waals surface area (Å²) in [5.74, 6) is -3.54. The van der Waals surface area contributed by atoms with Gasteiger partial charge in [0.2, 0.25) is 11.9 Å². The van der Waals surface area contributed by atoms with E-state index in [4.69, 9.17) is 0 Å². The molecular weight excluding hydrogens is 256 g/mol. The monoisotopic (exact) mass is 272 g/mol. The van der Waals surface area contributed by atoms with Crippen LogP contribution in [0.2, 0.25) is 0 Å². The lowest BCUT2D eigenvalue weighted by Crippen LogP contribution is -2.50. The van der Waals surface area contributed by atoms with Gasteiger partial charge in [0.05, 0.1) is 0 Å². The lowest BCUT2D eigenvalue weighted by atomic mass is 10.1. The number of aliphatic hydroxyl groups is 2. The molecule has 0 aliphatic rings. The van der Waals surface area contributed by atoms with Crippen molar-refractivity contribution in [2.75, 3.05) is 0 Å². The van der Waals surface area contributed by atoms with Gasteiger partial charge in [-0.2, -0.15) is 0 Å². The first-order valence-corrected chi connectivity index (χ1v) is 5.19. The van der Waals surface area contributed by atoms with Crippen molar-refractivity contribution < 1.29 is 34.1 Å². The first kappa shape index (κ1) is 17.0. The van der Waals surface area contributed by atoms with E-state index < -0.39 is 29.8 Å². The summed E-state index contributed by atoms with van der Waals surface area (Å²) in [5.41, 5.74) is -2.71. The number of ether oxygens (including phenoxy) is 2. The third kappa shape index (κ3) is 4.65. The lowest BCUT2D eigenvalue weighted by molar-refractivity contribution is -0.218. The van der Waals surface area contributed by atoms with Crippen molar-refractivity contribution >= 4 is 17.9 Å². The molecule has 0 aromatic carbocycles. The molecule has 7 heteroatoms. The zero-order valence-electron chi connectivity index (χ0n) is 10.9. The van der Waals surface area contributed by atoms with Crippen LogP contribution in [-0.2, 0) is 23.9 Å². The number of carbonyl (C=O) groups excluding carboxylic acids is 3. The van der Waals surface area contributed by atoms with E-state index in [2.05, 4.69) is 22.6 Å². The number of aliphatic hydroxyl groups excluding tert-OH is 1. The van der Waals surface area contributed by atoms with Gasteiger partial charge in [0.15, 0.2) is 0 Å². The van der Waals surface area contributed by atoms with Crippen molar-refractivity contribution in [3.05, 3.63) is 24.3 Å². The highest BCUT2D eigenvalue weighted by molar-refractivity contribution is 5.98. The van der Waals surface area contributed by atoms with Crippen LogP contribution in [0, 0.1) is 0 Å². The predicted octanol–water partition coefficient (Wildman–Crippen LogP) is -0.179. The van der Waals surface area contributed by atoms with Crippen molar-refractivity contribution in [2.45, 2.75) is 32.7 Å². The minimum absolute atomic E-state index is 0.0405. The number of rotatable bonds is 5. The molecule has 0 saturated carbocycles. The Morgan fingerprint density at radius 2 is 1.53 bits per heavy atom. The maximum atomic E-state index is 11.5. The molecule has 0 rings (SSSR count). The van der Waals surface area contributed by atoms with Crippen LogP contribution in [0.1, 0.15) is 20.8 Å². The molecule has 0 aliphatic carbocycles. The zero-order chi connectivity index (χ0) is 15.4. The average molecular weight is 272 g/mol. The summed E-state index contributed by atoms with van der Waals surface area (Å²) < 4.78 is 8.61. The Labute approximate surface area is 110 Å². The normalized spacial score (nSPS) is 14.8. The summed E-state index contributed by atoms with van der Waals surface area (Å²) in [6.07, 6.45) is -2.21. The van der Waals surface area contributed by atoms with Crippen LogP contribution in [0.3, 0.4) is 0 Å². The number of esters is 3. The minimum Gasteiger partial charge on any atom is -0.429 e. The molecule has 0 radical (unpaired) electrons. The summed E-state index contributed by atoms with van der Waals surface area (Å²) in [6.45, 7) is 9.93. The smallest absolute Gasteiger partial charge is 0.352 e. The molecule has 0 saturated heterocycles. The Hall–Kier alpha value is -1.99. The fourth-order valence-corrected chi connectivity index (χ4v) is 0.692. The Morgan fingerprint density at radius 1 is 1.11 bits per heavy atom. The van der Waals surface area contributed by atoms with E-state index in [1.165, 1.54) is 13.8 Å². The van der Waals surface area contributed by atoms with Gasteiger partial charge < -0.3 is 19.7 Å². The second-order valence-electron chi connectivity index (χ2n) is 4.14. The molecule has 0 bridgehead atoms. The maximum Gasteiger partial charge on any atom is 0.352 e. The van der Waals surface area contributed by atoms with Crippen LogP contribution in [0.25, 0.3) is 0 Å². The first-order chi connectivity index (χ1) is 8.50. The molecule has 106 valence electrons. The van der Waals surface area contributed by atoms with E-state index in [9.17, 15) is 24.6 Å². The molecule has 0 amide bonds. The molecule has 2 N–H and O–H groups in total. The first-order valence-electron chi connectivity index (χ1n) is 5.19. The summed E-state index contributed by atoms with van der Waals surface area (Å²) in [6, 6.07) is 0. The van der Waals surface area contributed by atoms with Gasteiger partial charge in [-0.3, -0.25) is 0 Å². The predicted molar refractivity (Wildman–Crippen MR) is 63.4 cm³/mol. The van der Waals surface area contributed by atoms with Crippen LogP contribution >= 0.6 is 0 Å². The van der Waals surface area contributed by atoms with Gasteiger partial charge in [-0.1, -0.05) is 13.2 Å². The molecule has 0 fully saturated rings. The number of hydrogen-bond donors (Lipinski definition) is 2. The van der Waals surface area contributed by atoms with Crippen LogP contribution in [0.15, 0.2) is 24.3 Å². The molecule has 7 nitrogen and oxygen atoms in total. The third-order valence-corrected chi connectivity index (χ3v) is 2.00. The van der Waals surface area contributed by atoms with Crippen LogP contribution in [0.5, 0.6) is 0 Å². The fraction of sp³-hybridized carbons (Fsp3) is 0.417. The molecule has 0 aromatic heterocycles. The van der Waals surface area contributed by atoms with Crippen molar-refractivity contribution in [3.63, 3.8) is 0 Å². The maximum absolute atomic E-state index is 11.5. The number of carbonyl (C=O) groups is 3. The third-order valence-electron chi connectivity index (χ3n) is 2.00. The van der Waals surface area contributed by atoms with Gasteiger partial charge in [-0.25, -0.2) is 14.4 Å². The Bertz CT molecular complexity index is 433. The summed E-state index contributed by atoms with van der Waals surface area (Å²) in [7, 11) is 0. The molecule has 19 heavy (non-hydrogen) atoms. The fourth-order valence-electron chi connectivity index (χ4n) is 0.692. The highest BCUT2D eigenvalue weighted by atomic mass is 16.7. The minimum atomic E-state index is -2.60. The molecule has 0 heterocycles. The lowest BCUT2D eigenvalue weighted by Gasteiger charge is -2.25. The van der Waals surface area contributed by atoms with Crippen molar-refractivity contribution in [2.24, 2.45) is 0 Å². The Kier molecular flexibility index (Phi) is 5.60. The largest absolute Gasteiger partial charge is 0.429 e. The quantitative estimate of drug-likeness (QED) is 0.309. The van der Waals surface area contributed by atoms with E-state index in [0.717, 1.165) is 6.92 Å². The van der Waals surface area contributed by atoms with E-state index >= 15 is 0 Å². The van der Waals surface area contributed by atoms with Crippen LogP contribution in [-0.4, -0.2) is 40.0 Å². The Balaban J connectivity index is 4.81. The van der Waals surface area contributed by atoms with Gasteiger partial charge >= 0.3 is 17.9 Å². The van der Waals surface area contributed by atoms with E-state index in [1.807, 2.05) is 0 Å². The zero-order valence-corrected chi connectivity index (χ0v) is 10.9. The highest BCUT2D eigenvalue weighted by Gasteiger charge is 2.44. The summed E-state index contributed by atoms with van der Waals surface area (Å²) in [4.78, 5) is 33.7. The van der Waals surface area contributed by atoms with E-state index in [0.29, 0.717) is 0 Å². The molecule has 2 unspecified atom stereocenters. The molecular formula is C12H16O7. The second kappa shape index (κ2) is 6.26. The number of hydrogen-bond acceptors (Lipinski definition) is 7. The van der Waals surface area contributed by atoms with Crippen molar-refractivity contribution in [1.82, 2.24) is 0 Å². The topological polar surface area (TPSA) is 110 Å². The highest BCUT2D eigenvalue weighted by Crippen LogP contribution is 2.15. The van der Waals surface area contributed by atoms with E-state index in [-0.39, 0.29) is 11.1 Å². The SMILES string of the molecule is C=C(C)C(=O)OC(=O)C(C)(O)C(O)OC(=O)C(=C)C.